The van der Waals surface area contributed by atoms with Gasteiger partial charge in [-0.05, 0) is 11.6 Å². The molecule has 1 aromatic rings. The second-order valence-electron chi connectivity index (χ2n) is 4.53. The van der Waals surface area contributed by atoms with Gasteiger partial charge >= 0.3 is 5.97 Å². The van der Waals surface area contributed by atoms with Crippen LogP contribution in [0.25, 0.3) is 6.08 Å². The quantitative estimate of drug-likeness (QED) is 0.575. The van der Waals surface area contributed by atoms with Crippen LogP contribution in [0.1, 0.15) is 18.9 Å². The van der Waals surface area contributed by atoms with E-state index in [4.69, 9.17) is 5.11 Å². The van der Waals surface area contributed by atoms with Crippen LogP contribution in [-0.4, -0.2) is 46.5 Å². The summed E-state index contributed by atoms with van der Waals surface area (Å²) in [5.74, 6) is -3.32. The molecule has 0 heterocycles. The highest BCUT2D eigenvalue weighted by Crippen LogP contribution is 2.02. The van der Waals surface area contributed by atoms with Crippen LogP contribution in [-0.2, 0) is 19.2 Å². The highest BCUT2D eigenvalue weighted by molar-refractivity contribution is 6.43. The Bertz CT molecular complexity index is 592. The van der Waals surface area contributed by atoms with Gasteiger partial charge in [-0.15, -0.1) is 0 Å². The largest absolute Gasteiger partial charge is 0.480 e. The van der Waals surface area contributed by atoms with Crippen LogP contribution < -0.4 is 0 Å². The number of rotatable bonds is 8. The number of hydrogen-bond acceptors (Lipinski definition) is 4. The fourth-order valence-electron chi connectivity index (χ4n) is 1.70. The molecular formula is C16H17NO5. The molecule has 0 aromatic heterocycles. The Morgan fingerprint density at radius 2 is 1.73 bits per heavy atom. The van der Waals surface area contributed by atoms with Gasteiger partial charge in [-0.1, -0.05) is 43.3 Å². The van der Waals surface area contributed by atoms with Crippen molar-refractivity contribution in [3.63, 3.8) is 0 Å². The molecule has 6 heteroatoms. The molecule has 0 bridgehead atoms. The lowest BCUT2D eigenvalue weighted by atomic mass is 10.1. The number of hydrogen-bond donors (Lipinski definition) is 1. The smallest absolute Gasteiger partial charge is 0.323 e. The van der Waals surface area contributed by atoms with Gasteiger partial charge in [0.1, 0.15) is 6.54 Å². The highest BCUT2D eigenvalue weighted by Gasteiger charge is 2.21. The maximum Gasteiger partial charge on any atom is 0.323 e. The zero-order valence-electron chi connectivity index (χ0n) is 12.2. The molecule has 0 unspecified atom stereocenters. The molecule has 6 nitrogen and oxygen atoms in total. The van der Waals surface area contributed by atoms with E-state index in [1.165, 1.54) is 6.08 Å². The van der Waals surface area contributed by atoms with E-state index in [0.29, 0.717) is 0 Å². The van der Waals surface area contributed by atoms with Crippen molar-refractivity contribution in [2.45, 2.75) is 13.3 Å². The molecule has 1 rings (SSSR count). The number of Topliss-reactive ketones (excluding diaryl/α,β-unsaturated/α-hetero) is 1. The zero-order chi connectivity index (χ0) is 16.5. The van der Waals surface area contributed by atoms with Gasteiger partial charge < -0.3 is 10.0 Å². The van der Waals surface area contributed by atoms with Gasteiger partial charge in [0.25, 0.3) is 0 Å². The molecule has 116 valence electrons. The molecule has 22 heavy (non-hydrogen) atoms. The normalized spacial score (nSPS) is 10.4. The number of carboxylic acid groups (broad SMARTS) is 1. The van der Waals surface area contributed by atoms with Crippen molar-refractivity contribution < 1.29 is 24.3 Å². The van der Waals surface area contributed by atoms with Crippen LogP contribution in [0.5, 0.6) is 0 Å². The van der Waals surface area contributed by atoms with Crippen molar-refractivity contribution in [3.8, 4) is 0 Å². The lowest BCUT2D eigenvalue weighted by Gasteiger charge is -2.18. The predicted molar refractivity (Wildman–Crippen MR) is 80.0 cm³/mol. The Hall–Kier alpha value is -2.76. The number of carboxylic acids is 1. The topological polar surface area (TPSA) is 91.8 Å². The van der Waals surface area contributed by atoms with Gasteiger partial charge in [0.15, 0.2) is 0 Å². The standard InChI is InChI=1S/C16H17NO5/c1-2-15(20)17(11-16(21)22)10-14(19)13(18)9-8-12-6-4-3-5-7-12/h3-9H,2,10-11H2,1H3,(H,21,22)/b9-8+. The lowest BCUT2D eigenvalue weighted by molar-refractivity contribution is -0.146. The fourth-order valence-corrected chi connectivity index (χ4v) is 1.70. The van der Waals surface area contributed by atoms with Gasteiger partial charge in [-0.2, -0.15) is 0 Å². The number of carbonyl (C=O) groups excluding carboxylic acids is 3. The molecule has 0 aliphatic rings. The number of nitrogens with zero attached hydrogens (tertiary/aromatic N) is 1. The SMILES string of the molecule is CCC(=O)N(CC(=O)O)CC(=O)C(=O)/C=C/c1ccccc1. The Balaban J connectivity index is 2.69. The average Bonchev–Trinajstić information content (AvgIpc) is 2.51. The van der Waals surface area contributed by atoms with E-state index in [2.05, 4.69) is 0 Å². The summed E-state index contributed by atoms with van der Waals surface area (Å²) in [6.45, 7) is 0.420. The second-order valence-corrected chi connectivity index (χ2v) is 4.53. The molecular weight excluding hydrogens is 286 g/mol. The van der Waals surface area contributed by atoms with E-state index >= 15 is 0 Å². The van der Waals surface area contributed by atoms with E-state index in [0.717, 1.165) is 16.5 Å². The van der Waals surface area contributed by atoms with Crippen molar-refractivity contribution in [2.75, 3.05) is 13.1 Å². The maximum atomic E-state index is 11.8. The Labute approximate surface area is 128 Å². The Kier molecular flexibility index (Phi) is 6.69. The van der Waals surface area contributed by atoms with Gasteiger partial charge in [0, 0.05) is 6.42 Å². The van der Waals surface area contributed by atoms with Crippen LogP contribution in [0.2, 0.25) is 0 Å². The number of carbonyl (C=O) groups is 4. The minimum absolute atomic E-state index is 0.0641. The molecule has 1 N–H and O–H groups in total. The van der Waals surface area contributed by atoms with Crippen molar-refractivity contribution in [3.05, 3.63) is 42.0 Å². The molecule has 0 fully saturated rings. The van der Waals surface area contributed by atoms with Crippen molar-refractivity contribution >= 4 is 29.5 Å². The maximum absolute atomic E-state index is 11.8. The summed E-state index contributed by atoms with van der Waals surface area (Å²) in [6, 6.07) is 8.95. The summed E-state index contributed by atoms with van der Waals surface area (Å²) < 4.78 is 0. The van der Waals surface area contributed by atoms with Crippen molar-refractivity contribution in [1.29, 1.82) is 0 Å². The van der Waals surface area contributed by atoms with Crippen molar-refractivity contribution in [1.82, 2.24) is 4.90 Å². The van der Waals surface area contributed by atoms with E-state index in [1.54, 1.807) is 31.2 Å². The summed E-state index contributed by atoms with van der Waals surface area (Å²) in [5, 5.41) is 8.73. The minimum atomic E-state index is -1.23. The van der Waals surface area contributed by atoms with Crippen molar-refractivity contribution in [2.24, 2.45) is 0 Å². The number of aliphatic carboxylic acids is 1. The number of benzene rings is 1. The fraction of sp³-hybridized carbons (Fsp3) is 0.250. The third-order valence-electron chi connectivity index (χ3n) is 2.82. The number of amides is 1. The Morgan fingerprint density at radius 3 is 2.27 bits per heavy atom. The van der Waals surface area contributed by atoms with Gasteiger partial charge in [-0.3, -0.25) is 19.2 Å². The molecule has 1 aromatic carbocycles. The van der Waals surface area contributed by atoms with Crippen LogP contribution in [0, 0.1) is 0 Å². The number of allylic oxidation sites excluding steroid dienone is 1. The summed E-state index contributed by atoms with van der Waals surface area (Å²) in [5.41, 5.74) is 0.760. The molecule has 0 aliphatic heterocycles. The first kappa shape index (κ1) is 17.3. The van der Waals surface area contributed by atoms with E-state index in [1.807, 2.05) is 6.07 Å². The summed E-state index contributed by atoms with van der Waals surface area (Å²) in [6.07, 6.45) is 2.67. The third-order valence-corrected chi connectivity index (χ3v) is 2.82. The van der Waals surface area contributed by atoms with Gasteiger partial charge in [-0.25, -0.2) is 0 Å². The molecule has 0 spiro atoms. The predicted octanol–water partition coefficient (Wildman–Crippen LogP) is 1.16. The monoisotopic (exact) mass is 303 g/mol. The Morgan fingerprint density at radius 1 is 1.09 bits per heavy atom. The molecule has 1 amide bonds. The molecule has 0 saturated carbocycles. The van der Waals surface area contributed by atoms with Crippen LogP contribution in [0.3, 0.4) is 0 Å². The minimum Gasteiger partial charge on any atom is -0.480 e. The molecule has 0 atom stereocenters. The van der Waals surface area contributed by atoms with Crippen LogP contribution in [0.15, 0.2) is 36.4 Å². The number of ketones is 2. The van der Waals surface area contributed by atoms with Crippen LogP contribution in [0.4, 0.5) is 0 Å². The molecule has 0 saturated heterocycles. The van der Waals surface area contributed by atoms with E-state index < -0.39 is 36.5 Å². The van der Waals surface area contributed by atoms with Gasteiger partial charge in [0.2, 0.25) is 17.5 Å². The zero-order valence-corrected chi connectivity index (χ0v) is 12.2. The van der Waals surface area contributed by atoms with Crippen LogP contribution >= 0.6 is 0 Å². The second kappa shape index (κ2) is 8.51. The summed E-state index contributed by atoms with van der Waals surface area (Å²) in [7, 11) is 0. The van der Waals surface area contributed by atoms with E-state index in [9.17, 15) is 19.2 Å². The lowest BCUT2D eigenvalue weighted by Crippen LogP contribution is -2.40. The van der Waals surface area contributed by atoms with E-state index in [-0.39, 0.29) is 6.42 Å². The first-order valence-corrected chi connectivity index (χ1v) is 6.74. The molecule has 0 aliphatic carbocycles. The third kappa shape index (κ3) is 5.70. The highest BCUT2D eigenvalue weighted by atomic mass is 16.4. The first-order chi connectivity index (χ1) is 10.4. The first-order valence-electron chi connectivity index (χ1n) is 6.74. The van der Waals surface area contributed by atoms with Gasteiger partial charge in [0.05, 0.1) is 6.54 Å². The average molecular weight is 303 g/mol. The molecule has 0 radical (unpaired) electrons. The summed E-state index contributed by atoms with van der Waals surface area (Å²) >= 11 is 0. The summed E-state index contributed by atoms with van der Waals surface area (Å²) in [4.78, 5) is 46.6.